The van der Waals surface area contributed by atoms with Crippen LogP contribution in [0.25, 0.3) is 10.1 Å². The van der Waals surface area contributed by atoms with E-state index in [0.717, 1.165) is 42.7 Å². The Balaban J connectivity index is 1.17. The predicted octanol–water partition coefficient (Wildman–Crippen LogP) is 10.7. The first-order valence-electron chi connectivity index (χ1n) is 19.8. The molecule has 3 aliphatic carbocycles. The molecule has 0 N–H and O–H groups in total. The molecule has 0 unspecified atom stereocenters. The summed E-state index contributed by atoms with van der Waals surface area (Å²) >= 11 is 1.95. The highest BCUT2D eigenvalue weighted by Gasteiger charge is 2.46. The normalized spacial score (nSPS) is 15.1. The lowest BCUT2D eigenvalue weighted by molar-refractivity contribution is 0.837. The maximum atomic E-state index is 2.63. The molecular formula is C50H36BN3S. The maximum Gasteiger partial charge on any atom is 0.254 e. The lowest BCUT2D eigenvalue weighted by atomic mass is 9.33. The number of hydrogen-bond acceptors (Lipinski definition) is 4. The zero-order chi connectivity index (χ0) is 35.8. The summed E-state index contributed by atoms with van der Waals surface area (Å²) in [5.41, 5.74) is 23.1. The van der Waals surface area contributed by atoms with Crippen LogP contribution in [0.5, 0.6) is 0 Å². The highest BCUT2D eigenvalue weighted by Crippen LogP contribution is 2.51. The van der Waals surface area contributed by atoms with Gasteiger partial charge in [0.1, 0.15) is 0 Å². The van der Waals surface area contributed by atoms with E-state index in [0.29, 0.717) is 0 Å². The summed E-state index contributed by atoms with van der Waals surface area (Å²) in [6, 6.07) is 55.6. The number of para-hydroxylation sites is 2. The van der Waals surface area contributed by atoms with E-state index in [-0.39, 0.29) is 6.71 Å². The van der Waals surface area contributed by atoms with Crippen LogP contribution in [0.15, 0.2) is 146 Å². The van der Waals surface area contributed by atoms with Crippen molar-refractivity contribution in [3.05, 3.63) is 179 Å². The molecule has 0 fully saturated rings. The minimum atomic E-state index is 0.110. The molecule has 3 heterocycles. The molecule has 1 aromatic heterocycles. The quantitative estimate of drug-likeness (QED) is 0.164. The smallest absolute Gasteiger partial charge is 0.254 e. The fourth-order valence-corrected chi connectivity index (χ4v) is 11.3. The summed E-state index contributed by atoms with van der Waals surface area (Å²) in [7, 11) is 0. The second-order valence-corrected chi connectivity index (χ2v) is 16.9. The summed E-state index contributed by atoms with van der Waals surface area (Å²) in [5, 5.41) is 2.72. The van der Waals surface area contributed by atoms with Gasteiger partial charge >= 0.3 is 0 Å². The van der Waals surface area contributed by atoms with Crippen molar-refractivity contribution in [2.24, 2.45) is 0 Å². The van der Waals surface area contributed by atoms with Gasteiger partial charge in [0.2, 0.25) is 0 Å². The summed E-state index contributed by atoms with van der Waals surface area (Å²) < 4.78 is 1.35. The number of fused-ring (bicyclic) bond motifs is 9. The first kappa shape index (κ1) is 30.3. The van der Waals surface area contributed by atoms with E-state index in [1.807, 2.05) is 11.3 Å². The Morgan fingerprint density at radius 2 is 0.982 bits per heavy atom. The lowest BCUT2D eigenvalue weighted by Gasteiger charge is -2.45. The van der Waals surface area contributed by atoms with Gasteiger partial charge in [-0.25, -0.2) is 0 Å². The van der Waals surface area contributed by atoms with E-state index in [9.17, 15) is 0 Å². The Hall–Kier alpha value is -6.04. The number of nitrogens with zero attached hydrogens (tertiary/aromatic N) is 3. The van der Waals surface area contributed by atoms with Gasteiger partial charge in [-0.05, 0) is 166 Å². The molecule has 2 aliphatic heterocycles. The first-order chi connectivity index (χ1) is 27.2. The summed E-state index contributed by atoms with van der Waals surface area (Å²) in [4.78, 5) is 7.72. The van der Waals surface area contributed by atoms with Crippen LogP contribution in [0.2, 0.25) is 0 Å². The topological polar surface area (TPSA) is 9.72 Å². The van der Waals surface area contributed by atoms with Crippen LogP contribution in [-0.4, -0.2) is 6.71 Å². The van der Waals surface area contributed by atoms with Crippen LogP contribution in [0, 0.1) is 0 Å². The SMILES string of the molecule is c1ccc(N(c2ccccc2)c2cc3c4c(c2)N(c2ccc5c(c2)CC5)c2sc5ccccc5c2B4c2cc4c(cc2N3c2ccc3c(c2)CC3)CC4)cc1. The summed E-state index contributed by atoms with van der Waals surface area (Å²) in [6.45, 7) is 0.110. The molecule has 5 heteroatoms. The number of rotatable bonds is 5. The second kappa shape index (κ2) is 11.3. The van der Waals surface area contributed by atoms with E-state index >= 15 is 0 Å². The molecule has 0 bridgehead atoms. The highest BCUT2D eigenvalue weighted by molar-refractivity contribution is 7.26. The third kappa shape index (κ3) is 4.27. The van der Waals surface area contributed by atoms with Crippen molar-refractivity contribution in [3.63, 3.8) is 0 Å². The first-order valence-corrected chi connectivity index (χ1v) is 20.7. The van der Waals surface area contributed by atoms with E-state index in [1.165, 1.54) is 106 Å². The molecule has 0 saturated carbocycles. The van der Waals surface area contributed by atoms with Gasteiger partial charge in [-0.15, -0.1) is 11.3 Å². The Morgan fingerprint density at radius 3 is 1.60 bits per heavy atom. The molecule has 3 nitrogen and oxygen atoms in total. The van der Waals surface area contributed by atoms with Gasteiger partial charge in [-0.1, -0.05) is 72.8 Å². The zero-order valence-electron chi connectivity index (χ0n) is 30.4. The van der Waals surface area contributed by atoms with Crippen LogP contribution in [-0.2, 0) is 38.5 Å². The molecule has 7 aromatic carbocycles. The fraction of sp³-hybridized carbons (Fsp3) is 0.120. The minimum absolute atomic E-state index is 0.110. The van der Waals surface area contributed by atoms with Crippen molar-refractivity contribution in [3.8, 4) is 0 Å². The predicted molar refractivity (Wildman–Crippen MR) is 233 cm³/mol. The van der Waals surface area contributed by atoms with Gasteiger partial charge in [0, 0.05) is 44.5 Å². The van der Waals surface area contributed by atoms with Crippen molar-refractivity contribution >= 4 is 95.0 Å². The minimum Gasteiger partial charge on any atom is -0.311 e. The molecule has 13 rings (SSSR count). The van der Waals surface area contributed by atoms with Gasteiger partial charge in [0.15, 0.2) is 0 Å². The van der Waals surface area contributed by atoms with Crippen molar-refractivity contribution in [2.45, 2.75) is 38.5 Å². The second-order valence-electron chi connectivity index (χ2n) is 15.9. The Kier molecular flexibility index (Phi) is 6.20. The van der Waals surface area contributed by atoms with Gasteiger partial charge in [-0.3, -0.25) is 0 Å². The van der Waals surface area contributed by atoms with E-state index in [4.69, 9.17) is 0 Å². The highest BCUT2D eigenvalue weighted by atomic mass is 32.1. The number of aryl methyl sites for hydroxylation is 6. The fourth-order valence-electron chi connectivity index (χ4n) is 10.1. The van der Waals surface area contributed by atoms with Gasteiger partial charge in [0.05, 0.1) is 10.7 Å². The summed E-state index contributed by atoms with van der Waals surface area (Å²) in [5.74, 6) is 0. The molecule has 0 spiro atoms. The van der Waals surface area contributed by atoms with E-state index < -0.39 is 0 Å². The number of benzene rings is 7. The van der Waals surface area contributed by atoms with Crippen LogP contribution >= 0.6 is 11.3 Å². The van der Waals surface area contributed by atoms with Crippen molar-refractivity contribution in [1.29, 1.82) is 0 Å². The largest absolute Gasteiger partial charge is 0.311 e. The zero-order valence-corrected chi connectivity index (χ0v) is 31.2. The molecule has 8 aromatic rings. The molecule has 5 aliphatic rings. The molecule has 0 radical (unpaired) electrons. The Labute approximate surface area is 325 Å². The van der Waals surface area contributed by atoms with Crippen molar-refractivity contribution < 1.29 is 0 Å². The van der Waals surface area contributed by atoms with Gasteiger partial charge in [0.25, 0.3) is 6.71 Å². The summed E-state index contributed by atoms with van der Waals surface area (Å²) in [6.07, 6.45) is 6.97. The third-order valence-electron chi connectivity index (χ3n) is 13.1. The Bertz CT molecular complexity index is 2880. The van der Waals surface area contributed by atoms with Crippen LogP contribution < -0.4 is 31.1 Å². The van der Waals surface area contributed by atoms with Crippen LogP contribution in [0.3, 0.4) is 0 Å². The van der Waals surface area contributed by atoms with Crippen molar-refractivity contribution in [1.82, 2.24) is 0 Å². The molecule has 0 amide bonds. The molecular weight excluding hydrogens is 685 g/mol. The lowest BCUT2D eigenvalue weighted by Crippen LogP contribution is -2.61. The van der Waals surface area contributed by atoms with Gasteiger partial charge < -0.3 is 14.7 Å². The average molecular weight is 722 g/mol. The average Bonchev–Trinajstić information content (AvgIpc) is 3.57. The van der Waals surface area contributed by atoms with E-state index in [1.54, 1.807) is 0 Å². The number of thiophene rings is 1. The third-order valence-corrected chi connectivity index (χ3v) is 14.2. The Morgan fingerprint density at radius 1 is 0.436 bits per heavy atom. The van der Waals surface area contributed by atoms with Crippen LogP contribution in [0.4, 0.5) is 50.5 Å². The van der Waals surface area contributed by atoms with Crippen molar-refractivity contribution in [2.75, 3.05) is 14.7 Å². The number of hydrogen-bond donors (Lipinski definition) is 0. The van der Waals surface area contributed by atoms with E-state index in [2.05, 4.69) is 160 Å². The molecule has 0 atom stereocenters. The number of anilines is 9. The van der Waals surface area contributed by atoms with Crippen LogP contribution in [0.1, 0.15) is 33.4 Å². The monoisotopic (exact) mass is 721 g/mol. The molecule has 55 heavy (non-hydrogen) atoms. The molecule has 260 valence electrons. The van der Waals surface area contributed by atoms with Gasteiger partial charge in [-0.2, -0.15) is 0 Å². The maximum absolute atomic E-state index is 2.63. The molecule has 0 saturated heterocycles. The standard InChI is InChI=1S/C50H36BN3S/c1-3-9-37(10-4-1)52(38-11-5-2-6-12-38)41-29-45-49-46(30-41)54(40-24-22-32-16-18-34(32)26-40)50-48(42-13-7-8-14-47(42)55-50)51(49)43-27-35-19-20-36(35)28-44(43)53(45)39-23-21-31-15-17-33(31)25-39/h1-14,21-30H,15-20H2.